The highest BCUT2D eigenvalue weighted by molar-refractivity contribution is 6.06. The molecule has 3 amide bonds. The summed E-state index contributed by atoms with van der Waals surface area (Å²) in [5, 5.41) is 5.65. The summed E-state index contributed by atoms with van der Waals surface area (Å²) in [6.45, 7) is 0.271. The minimum Gasteiger partial charge on any atom is -0.497 e. The molecular weight excluding hydrogens is 434 g/mol. The van der Waals surface area contributed by atoms with E-state index in [2.05, 4.69) is 10.6 Å². The van der Waals surface area contributed by atoms with Gasteiger partial charge in [0.05, 0.1) is 25.8 Å². The maximum atomic E-state index is 12.8. The lowest BCUT2D eigenvalue weighted by Crippen LogP contribution is -2.28. The van der Waals surface area contributed by atoms with Crippen molar-refractivity contribution in [1.82, 2.24) is 0 Å². The molecule has 0 radical (unpaired) electrons. The van der Waals surface area contributed by atoms with E-state index in [1.807, 2.05) is 12.1 Å². The van der Waals surface area contributed by atoms with Gasteiger partial charge < -0.3 is 25.0 Å². The number of carbonyl (C=O) groups excluding carboxylic acids is 3. The molecule has 0 spiro atoms. The van der Waals surface area contributed by atoms with Crippen LogP contribution in [0.5, 0.6) is 11.5 Å². The molecule has 4 rings (SSSR count). The second-order valence-electron chi connectivity index (χ2n) is 7.83. The lowest BCUT2D eigenvalue weighted by molar-refractivity contribution is -0.122. The third-order valence-electron chi connectivity index (χ3n) is 5.63. The molecule has 0 saturated carbocycles. The highest BCUT2D eigenvalue weighted by atomic mass is 16.5. The average Bonchev–Trinajstić information content (AvgIpc) is 3.26. The average molecular weight is 460 g/mol. The standard InChI is InChI=1S/C26H25N3O5/c1-33-21-13-11-20(12-14-21)27-25(31)17-7-9-19(10-8-17)28-26(32)18-15-24(30)29(16-18)22-5-3-4-6-23(22)34-2/h3-14,18H,15-16H2,1-2H3,(H,27,31)(H,28,32). The first-order chi connectivity index (χ1) is 16.5. The third kappa shape index (κ3) is 5.01. The number of hydrogen-bond donors (Lipinski definition) is 2. The summed E-state index contributed by atoms with van der Waals surface area (Å²) in [5.41, 5.74) is 2.30. The van der Waals surface area contributed by atoms with Gasteiger partial charge in [0, 0.05) is 29.9 Å². The van der Waals surface area contributed by atoms with Crippen molar-refractivity contribution in [3.63, 3.8) is 0 Å². The molecule has 0 aliphatic carbocycles. The number of rotatable bonds is 7. The van der Waals surface area contributed by atoms with E-state index >= 15 is 0 Å². The van der Waals surface area contributed by atoms with Gasteiger partial charge in [-0.2, -0.15) is 0 Å². The fourth-order valence-corrected chi connectivity index (χ4v) is 3.80. The monoisotopic (exact) mass is 459 g/mol. The third-order valence-corrected chi connectivity index (χ3v) is 5.63. The van der Waals surface area contributed by atoms with Gasteiger partial charge >= 0.3 is 0 Å². The number of anilines is 3. The highest BCUT2D eigenvalue weighted by Gasteiger charge is 2.36. The van der Waals surface area contributed by atoms with Crippen LogP contribution < -0.4 is 25.0 Å². The van der Waals surface area contributed by atoms with Crippen molar-refractivity contribution >= 4 is 34.8 Å². The number of methoxy groups -OCH3 is 2. The number of nitrogens with one attached hydrogen (secondary N) is 2. The van der Waals surface area contributed by atoms with Gasteiger partial charge in [0.2, 0.25) is 11.8 Å². The molecule has 8 nitrogen and oxygen atoms in total. The first-order valence-electron chi connectivity index (χ1n) is 10.8. The quantitative estimate of drug-likeness (QED) is 0.558. The minimum atomic E-state index is -0.490. The molecular formula is C26H25N3O5. The fraction of sp³-hybridized carbons (Fsp3) is 0.192. The number of ether oxygens (including phenoxy) is 2. The number of amides is 3. The molecule has 1 aliphatic rings. The van der Waals surface area contributed by atoms with E-state index in [1.165, 1.54) is 0 Å². The maximum Gasteiger partial charge on any atom is 0.255 e. The molecule has 0 bridgehead atoms. The molecule has 2 N–H and O–H groups in total. The summed E-state index contributed by atoms with van der Waals surface area (Å²) >= 11 is 0. The van der Waals surface area contributed by atoms with Crippen molar-refractivity contribution in [3.05, 3.63) is 78.4 Å². The zero-order valence-electron chi connectivity index (χ0n) is 18.9. The van der Waals surface area contributed by atoms with E-state index in [1.54, 1.807) is 79.8 Å². The van der Waals surface area contributed by atoms with E-state index in [4.69, 9.17) is 9.47 Å². The number of benzene rings is 3. The Balaban J connectivity index is 1.36. The molecule has 34 heavy (non-hydrogen) atoms. The van der Waals surface area contributed by atoms with Gasteiger partial charge in [-0.15, -0.1) is 0 Å². The zero-order valence-corrected chi connectivity index (χ0v) is 18.9. The van der Waals surface area contributed by atoms with Crippen LogP contribution in [0.1, 0.15) is 16.8 Å². The second kappa shape index (κ2) is 10.1. The van der Waals surface area contributed by atoms with Crippen molar-refractivity contribution in [3.8, 4) is 11.5 Å². The first kappa shape index (κ1) is 22.8. The van der Waals surface area contributed by atoms with Crippen molar-refractivity contribution in [2.24, 2.45) is 5.92 Å². The number of hydrogen-bond acceptors (Lipinski definition) is 5. The number of carbonyl (C=O) groups is 3. The van der Waals surface area contributed by atoms with E-state index < -0.39 is 5.92 Å². The van der Waals surface area contributed by atoms with Crippen LogP contribution in [0.4, 0.5) is 17.1 Å². The summed E-state index contributed by atoms with van der Waals surface area (Å²) in [6.07, 6.45) is 0.117. The largest absolute Gasteiger partial charge is 0.497 e. The van der Waals surface area contributed by atoms with Crippen LogP contribution in [-0.4, -0.2) is 38.5 Å². The smallest absolute Gasteiger partial charge is 0.255 e. The molecule has 1 unspecified atom stereocenters. The van der Waals surface area contributed by atoms with Crippen LogP contribution >= 0.6 is 0 Å². The van der Waals surface area contributed by atoms with Crippen molar-refractivity contribution < 1.29 is 23.9 Å². The van der Waals surface area contributed by atoms with Gasteiger partial charge in [-0.3, -0.25) is 14.4 Å². The topological polar surface area (TPSA) is 97.0 Å². The molecule has 3 aromatic rings. The van der Waals surface area contributed by atoms with Crippen LogP contribution in [-0.2, 0) is 9.59 Å². The van der Waals surface area contributed by atoms with E-state index in [-0.39, 0.29) is 30.7 Å². The van der Waals surface area contributed by atoms with Crippen LogP contribution in [0.2, 0.25) is 0 Å². The Kier molecular flexibility index (Phi) is 6.77. The fourth-order valence-electron chi connectivity index (χ4n) is 3.80. The predicted octanol–water partition coefficient (Wildman–Crippen LogP) is 3.95. The Labute approximate surface area is 197 Å². The van der Waals surface area contributed by atoms with Crippen molar-refractivity contribution in [2.75, 3.05) is 36.3 Å². The molecule has 1 heterocycles. The van der Waals surface area contributed by atoms with Gasteiger partial charge in [0.1, 0.15) is 11.5 Å². The van der Waals surface area contributed by atoms with Gasteiger partial charge in [0.15, 0.2) is 0 Å². The number of nitrogens with zero attached hydrogens (tertiary/aromatic N) is 1. The highest BCUT2D eigenvalue weighted by Crippen LogP contribution is 2.33. The summed E-state index contributed by atoms with van der Waals surface area (Å²) in [4.78, 5) is 39.4. The predicted molar refractivity (Wildman–Crippen MR) is 129 cm³/mol. The summed E-state index contributed by atoms with van der Waals surface area (Å²) in [6, 6.07) is 20.9. The normalized spacial score (nSPS) is 15.1. The second-order valence-corrected chi connectivity index (χ2v) is 7.83. The van der Waals surface area contributed by atoms with Crippen molar-refractivity contribution in [1.29, 1.82) is 0 Å². The lowest BCUT2D eigenvalue weighted by atomic mass is 10.1. The van der Waals surface area contributed by atoms with Gasteiger partial charge in [-0.1, -0.05) is 12.1 Å². The maximum absolute atomic E-state index is 12.8. The van der Waals surface area contributed by atoms with Crippen LogP contribution in [0.3, 0.4) is 0 Å². The summed E-state index contributed by atoms with van der Waals surface area (Å²) in [7, 11) is 3.12. The molecule has 1 saturated heterocycles. The van der Waals surface area contributed by atoms with E-state index in [0.29, 0.717) is 34.1 Å². The van der Waals surface area contributed by atoms with Gasteiger partial charge in [-0.05, 0) is 60.7 Å². The zero-order chi connectivity index (χ0) is 24.1. The van der Waals surface area contributed by atoms with Crippen LogP contribution in [0.15, 0.2) is 72.8 Å². The molecule has 1 aliphatic heterocycles. The Morgan fingerprint density at radius 3 is 2.18 bits per heavy atom. The Morgan fingerprint density at radius 1 is 0.853 bits per heavy atom. The molecule has 174 valence electrons. The molecule has 0 aromatic heterocycles. The first-order valence-corrected chi connectivity index (χ1v) is 10.8. The Morgan fingerprint density at radius 2 is 1.50 bits per heavy atom. The van der Waals surface area contributed by atoms with Gasteiger partial charge in [0.25, 0.3) is 5.91 Å². The number of para-hydroxylation sites is 2. The van der Waals surface area contributed by atoms with Crippen LogP contribution in [0.25, 0.3) is 0 Å². The summed E-state index contributed by atoms with van der Waals surface area (Å²) < 4.78 is 10.5. The Bertz CT molecular complexity index is 1190. The van der Waals surface area contributed by atoms with Crippen LogP contribution in [0, 0.1) is 5.92 Å². The molecule has 1 atom stereocenters. The molecule has 3 aromatic carbocycles. The molecule has 1 fully saturated rings. The van der Waals surface area contributed by atoms with E-state index in [0.717, 1.165) is 0 Å². The minimum absolute atomic E-state index is 0.117. The summed E-state index contributed by atoms with van der Waals surface area (Å²) in [5.74, 6) is 0.150. The molecule has 8 heteroatoms. The van der Waals surface area contributed by atoms with E-state index in [9.17, 15) is 14.4 Å². The van der Waals surface area contributed by atoms with Gasteiger partial charge in [-0.25, -0.2) is 0 Å². The SMILES string of the molecule is COc1ccc(NC(=O)c2ccc(NC(=O)C3CC(=O)N(c4ccccc4OC)C3)cc2)cc1. The van der Waals surface area contributed by atoms with Crippen molar-refractivity contribution in [2.45, 2.75) is 6.42 Å². The Hall–Kier alpha value is -4.33. The lowest BCUT2D eigenvalue weighted by Gasteiger charge is -2.19.